The van der Waals surface area contributed by atoms with E-state index in [2.05, 4.69) is 5.32 Å². The Hall–Kier alpha value is -1.02. The first kappa shape index (κ1) is 10.5. The van der Waals surface area contributed by atoms with Crippen LogP contribution in [0.3, 0.4) is 0 Å². The van der Waals surface area contributed by atoms with Crippen LogP contribution in [0, 0.1) is 10.1 Å². The Morgan fingerprint density at radius 2 is 2.13 bits per heavy atom. The van der Waals surface area contributed by atoms with E-state index in [0.717, 1.165) is 0 Å². The summed E-state index contributed by atoms with van der Waals surface area (Å²) in [5.74, 6) is 0. The third-order valence-electron chi connectivity index (χ3n) is 2.70. The minimum atomic E-state index is -0.594. The van der Waals surface area contributed by atoms with Gasteiger partial charge in [-0.2, -0.15) is 0 Å². The zero-order valence-corrected chi connectivity index (χ0v) is 10.1. The molecule has 6 nitrogen and oxygen atoms in total. The average Bonchev–Trinajstić information content (AvgIpc) is 2.45. The van der Waals surface area contributed by atoms with Gasteiger partial charge in [0.05, 0.1) is 4.92 Å². The SMILES string of the molecule is CC1=C([N+](=O)[O-])SC2(NC(=S)N2C)N1C. The van der Waals surface area contributed by atoms with Crippen molar-refractivity contribution in [1.29, 1.82) is 0 Å². The molecule has 0 aliphatic carbocycles. The summed E-state index contributed by atoms with van der Waals surface area (Å²) < 4.78 is 0. The number of nitrogens with one attached hydrogen (secondary N) is 1. The molecule has 0 saturated carbocycles. The molecule has 1 unspecified atom stereocenters. The van der Waals surface area contributed by atoms with Crippen LogP contribution in [-0.2, 0) is 0 Å². The van der Waals surface area contributed by atoms with Crippen molar-refractivity contribution in [2.75, 3.05) is 14.1 Å². The van der Waals surface area contributed by atoms with Crippen molar-refractivity contribution in [3.63, 3.8) is 0 Å². The smallest absolute Gasteiger partial charge is 0.323 e. The molecular weight excluding hydrogens is 236 g/mol. The van der Waals surface area contributed by atoms with Gasteiger partial charge in [-0.15, -0.1) is 0 Å². The van der Waals surface area contributed by atoms with E-state index in [1.807, 2.05) is 23.9 Å². The number of thioether (sulfide) groups is 1. The summed E-state index contributed by atoms with van der Waals surface area (Å²) in [7, 11) is 3.63. The molecule has 15 heavy (non-hydrogen) atoms. The molecule has 1 atom stereocenters. The second kappa shape index (κ2) is 2.99. The lowest BCUT2D eigenvalue weighted by Gasteiger charge is -2.53. The Morgan fingerprint density at radius 1 is 1.53 bits per heavy atom. The Bertz CT molecular complexity index is 396. The number of thiocarbonyl (C=S) groups is 1. The molecule has 8 heteroatoms. The molecule has 2 rings (SSSR count). The predicted molar refractivity (Wildman–Crippen MR) is 61.3 cm³/mol. The van der Waals surface area contributed by atoms with E-state index < -0.39 is 5.12 Å². The molecule has 1 saturated heterocycles. The summed E-state index contributed by atoms with van der Waals surface area (Å²) in [5, 5.41) is 14.0. The highest BCUT2D eigenvalue weighted by Gasteiger charge is 2.58. The number of hydrogen-bond donors (Lipinski definition) is 1. The third kappa shape index (κ3) is 1.14. The van der Waals surface area contributed by atoms with Gasteiger partial charge in [-0.05, 0) is 19.1 Å². The number of allylic oxidation sites excluding steroid dienone is 1. The Balaban J connectivity index is 2.32. The summed E-state index contributed by atoms with van der Waals surface area (Å²) in [4.78, 5) is 14.1. The largest absolute Gasteiger partial charge is 0.327 e. The van der Waals surface area contributed by atoms with E-state index in [-0.39, 0.29) is 9.95 Å². The van der Waals surface area contributed by atoms with Crippen LogP contribution >= 0.6 is 24.0 Å². The first-order chi connectivity index (χ1) is 6.90. The number of nitrogens with zero attached hydrogens (tertiary/aromatic N) is 3. The number of hydrogen-bond acceptors (Lipinski definition) is 5. The zero-order chi connectivity index (χ0) is 11.4. The maximum atomic E-state index is 10.8. The standard InChI is InChI=1S/C7H10N4O2S2/c1-4-5(11(12)13)15-7(9(4)2)8-6(14)10(7)3/h1-3H3,(H,8,14). The van der Waals surface area contributed by atoms with Crippen molar-refractivity contribution >= 4 is 29.1 Å². The van der Waals surface area contributed by atoms with Crippen molar-refractivity contribution in [3.05, 3.63) is 20.8 Å². The fraction of sp³-hybridized carbons (Fsp3) is 0.571. The minimum absolute atomic E-state index is 0.166. The van der Waals surface area contributed by atoms with Gasteiger partial charge in [-0.1, -0.05) is 0 Å². The second-order valence-corrected chi connectivity index (χ2v) is 4.95. The van der Waals surface area contributed by atoms with Gasteiger partial charge in [0.25, 0.3) is 5.12 Å². The minimum Gasteiger partial charge on any atom is -0.323 e. The van der Waals surface area contributed by atoms with Gasteiger partial charge in [0, 0.05) is 25.9 Å². The van der Waals surface area contributed by atoms with Crippen LogP contribution in [-0.4, -0.2) is 39.0 Å². The molecule has 82 valence electrons. The molecule has 2 aliphatic rings. The van der Waals surface area contributed by atoms with Gasteiger partial charge in [-0.3, -0.25) is 10.1 Å². The van der Waals surface area contributed by atoms with Crippen molar-refractivity contribution < 1.29 is 4.92 Å². The molecule has 0 bridgehead atoms. The molecule has 0 radical (unpaired) electrons. The highest BCUT2D eigenvalue weighted by atomic mass is 32.2. The zero-order valence-electron chi connectivity index (χ0n) is 8.47. The van der Waals surface area contributed by atoms with E-state index in [4.69, 9.17) is 12.2 Å². The lowest BCUT2D eigenvalue weighted by Crippen LogP contribution is -2.77. The summed E-state index contributed by atoms with van der Waals surface area (Å²) in [6.07, 6.45) is 0. The Morgan fingerprint density at radius 3 is 2.47 bits per heavy atom. The van der Waals surface area contributed by atoms with E-state index >= 15 is 0 Å². The highest BCUT2D eigenvalue weighted by molar-refractivity contribution is 8.04. The van der Waals surface area contributed by atoms with Crippen LogP contribution in [0.4, 0.5) is 0 Å². The molecule has 1 N–H and O–H groups in total. The van der Waals surface area contributed by atoms with Gasteiger partial charge in [0.1, 0.15) is 5.70 Å². The van der Waals surface area contributed by atoms with E-state index in [0.29, 0.717) is 10.8 Å². The normalized spacial score (nSPS) is 29.7. The summed E-state index contributed by atoms with van der Waals surface area (Å²) in [6, 6.07) is 0. The Labute approximate surface area is 96.4 Å². The fourth-order valence-electron chi connectivity index (χ4n) is 1.61. The molecule has 1 fully saturated rings. The summed E-state index contributed by atoms with van der Waals surface area (Å²) in [5.41, 5.74) is 0.645. The first-order valence-corrected chi connectivity index (χ1v) is 5.46. The van der Waals surface area contributed by atoms with Crippen molar-refractivity contribution in [1.82, 2.24) is 15.1 Å². The predicted octanol–water partition coefficient (Wildman–Crippen LogP) is 0.562. The maximum Gasteiger partial charge on any atom is 0.327 e. The van der Waals surface area contributed by atoms with E-state index in [1.54, 1.807) is 6.92 Å². The third-order valence-corrected chi connectivity index (χ3v) is 4.65. The van der Waals surface area contributed by atoms with Crippen LogP contribution in [0.15, 0.2) is 10.7 Å². The van der Waals surface area contributed by atoms with Crippen LogP contribution in [0.2, 0.25) is 0 Å². The van der Waals surface area contributed by atoms with Crippen LogP contribution in [0.1, 0.15) is 6.92 Å². The maximum absolute atomic E-state index is 10.8. The van der Waals surface area contributed by atoms with E-state index in [1.165, 1.54) is 11.8 Å². The molecule has 0 aromatic heterocycles. The molecule has 0 aromatic carbocycles. The number of nitro groups is 1. The lowest BCUT2D eigenvalue weighted by molar-refractivity contribution is -0.411. The summed E-state index contributed by atoms with van der Waals surface area (Å²) >= 11 is 6.17. The van der Waals surface area contributed by atoms with Crippen molar-refractivity contribution in [2.45, 2.75) is 12.0 Å². The molecule has 2 aliphatic heterocycles. The highest BCUT2D eigenvalue weighted by Crippen LogP contribution is 2.48. The molecule has 2 heterocycles. The lowest BCUT2D eigenvalue weighted by atomic mass is 10.4. The van der Waals surface area contributed by atoms with Gasteiger partial charge >= 0.3 is 5.03 Å². The Kier molecular flexibility index (Phi) is 2.09. The average molecular weight is 246 g/mol. The number of rotatable bonds is 1. The van der Waals surface area contributed by atoms with Gasteiger partial charge in [0.2, 0.25) is 0 Å². The van der Waals surface area contributed by atoms with Gasteiger partial charge < -0.3 is 15.1 Å². The molecule has 0 aromatic rings. The van der Waals surface area contributed by atoms with Crippen molar-refractivity contribution in [3.8, 4) is 0 Å². The van der Waals surface area contributed by atoms with Gasteiger partial charge in [0.15, 0.2) is 5.11 Å². The van der Waals surface area contributed by atoms with Crippen LogP contribution < -0.4 is 5.32 Å². The quantitative estimate of drug-likeness (QED) is 0.412. The molecular formula is C7H10N4O2S2. The molecule has 1 spiro atoms. The van der Waals surface area contributed by atoms with Crippen molar-refractivity contribution in [2.24, 2.45) is 0 Å². The fourth-order valence-corrected chi connectivity index (χ4v) is 3.29. The first-order valence-electron chi connectivity index (χ1n) is 4.24. The van der Waals surface area contributed by atoms with E-state index in [9.17, 15) is 10.1 Å². The van der Waals surface area contributed by atoms with Gasteiger partial charge in [-0.25, -0.2) is 0 Å². The topological polar surface area (TPSA) is 61.7 Å². The summed E-state index contributed by atoms with van der Waals surface area (Å²) in [6.45, 7) is 1.73. The second-order valence-electron chi connectivity index (χ2n) is 3.41. The molecule has 0 amide bonds. The van der Waals surface area contributed by atoms with Crippen LogP contribution in [0.25, 0.3) is 0 Å². The monoisotopic (exact) mass is 246 g/mol. The van der Waals surface area contributed by atoms with Crippen LogP contribution in [0.5, 0.6) is 0 Å².